The highest BCUT2D eigenvalue weighted by Crippen LogP contribution is 2.32. The van der Waals surface area contributed by atoms with Gasteiger partial charge in [-0.3, -0.25) is 9.59 Å². The zero-order valence-electron chi connectivity index (χ0n) is 35.8. The van der Waals surface area contributed by atoms with E-state index in [0.29, 0.717) is 11.5 Å². The van der Waals surface area contributed by atoms with E-state index in [1.807, 2.05) is 62.4 Å². The van der Waals surface area contributed by atoms with E-state index < -0.39 is 41.5 Å². The van der Waals surface area contributed by atoms with Crippen LogP contribution in [0.15, 0.2) is 122 Å². The Kier molecular flexibility index (Phi) is 17.9. The van der Waals surface area contributed by atoms with Gasteiger partial charge in [0.1, 0.15) is 11.5 Å². The summed E-state index contributed by atoms with van der Waals surface area (Å²) in [5, 5.41) is 0. The number of sulfonamides is 2. The van der Waals surface area contributed by atoms with E-state index in [4.69, 9.17) is 18.9 Å². The topological polar surface area (TPSA) is 146 Å². The summed E-state index contributed by atoms with van der Waals surface area (Å²) < 4.78 is 73.9. The quantitative estimate of drug-likeness (QED) is 0.0641. The molecule has 0 N–H and O–H groups in total. The second-order valence-electron chi connectivity index (χ2n) is 14.6. The standard InChI is InChI=1S/2C23H29NO5S/c2*1-6-15-23(3,22(25)29-5)30(26,27)24(16-19-9-7-18(2)8-10-19)17-20-11-13-21(28-4)14-12-20/h2*6-14H,1,15-17H2,2-5H3/t2*23-/m10/s1. The molecule has 0 aliphatic carbocycles. The molecule has 0 spiro atoms. The van der Waals surface area contributed by atoms with E-state index in [1.54, 1.807) is 62.8 Å². The average Bonchev–Trinajstić information content (AvgIpc) is 3.24. The van der Waals surface area contributed by atoms with Gasteiger partial charge in [-0.15, -0.1) is 13.2 Å². The predicted molar refractivity (Wildman–Crippen MR) is 235 cm³/mol. The van der Waals surface area contributed by atoms with Gasteiger partial charge in [-0.05, 0) is 87.1 Å². The van der Waals surface area contributed by atoms with Gasteiger partial charge < -0.3 is 18.9 Å². The van der Waals surface area contributed by atoms with Gasteiger partial charge in [0, 0.05) is 26.2 Å². The molecule has 0 fully saturated rings. The summed E-state index contributed by atoms with van der Waals surface area (Å²) in [4.78, 5) is 25.0. The molecule has 0 saturated carbocycles. The van der Waals surface area contributed by atoms with Crippen molar-refractivity contribution in [3.8, 4) is 11.5 Å². The number of aryl methyl sites for hydroxylation is 2. The molecule has 324 valence electrons. The van der Waals surface area contributed by atoms with E-state index >= 15 is 0 Å². The molecule has 12 nitrogen and oxygen atoms in total. The highest BCUT2D eigenvalue weighted by Gasteiger charge is 2.51. The summed E-state index contributed by atoms with van der Waals surface area (Å²) in [6.07, 6.45) is 2.72. The monoisotopic (exact) mass is 862 g/mol. The van der Waals surface area contributed by atoms with E-state index in [-0.39, 0.29) is 39.0 Å². The molecule has 60 heavy (non-hydrogen) atoms. The van der Waals surface area contributed by atoms with Crippen LogP contribution in [0.1, 0.15) is 60.1 Å². The number of esters is 2. The maximum atomic E-state index is 13.7. The van der Waals surface area contributed by atoms with Crippen LogP contribution in [0.5, 0.6) is 11.5 Å². The lowest BCUT2D eigenvalue weighted by atomic mass is 10.1. The van der Waals surface area contributed by atoms with Crippen molar-refractivity contribution in [2.24, 2.45) is 0 Å². The third-order valence-corrected chi connectivity index (χ3v) is 14.9. The number of carbonyl (C=O) groups excluding carboxylic acids is 2. The number of allylic oxidation sites excluding steroid dienone is 2. The van der Waals surface area contributed by atoms with Crippen LogP contribution in [0.3, 0.4) is 0 Å². The molecule has 0 heterocycles. The molecule has 0 aliphatic heterocycles. The van der Waals surface area contributed by atoms with Gasteiger partial charge in [-0.1, -0.05) is 96.1 Å². The molecule has 0 bridgehead atoms. The molecule has 0 unspecified atom stereocenters. The van der Waals surface area contributed by atoms with Gasteiger partial charge in [0.05, 0.1) is 28.4 Å². The molecular weight excluding hydrogens is 805 g/mol. The number of benzene rings is 4. The molecule has 0 radical (unpaired) electrons. The van der Waals surface area contributed by atoms with Crippen LogP contribution in [-0.4, -0.2) is 75.3 Å². The molecule has 0 saturated heterocycles. The van der Waals surface area contributed by atoms with Crippen molar-refractivity contribution in [1.29, 1.82) is 0 Å². The number of hydrogen-bond donors (Lipinski definition) is 0. The fourth-order valence-electron chi connectivity index (χ4n) is 6.26. The molecule has 2 atom stereocenters. The normalized spacial score (nSPS) is 13.5. The number of ether oxygens (including phenoxy) is 4. The fraction of sp³-hybridized carbons (Fsp3) is 0.348. The third-order valence-electron chi connectivity index (χ3n) is 10.1. The summed E-state index contributed by atoms with van der Waals surface area (Å²) in [6, 6.07) is 29.6. The summed E-state index contributed by atoms with van der Waals surface area (Å²) in [5.41, 5.74) is 5.35. The molecule has 4 rings (SSSR count). The lowest BCUT2D eigenvalue weighted by molar-refractivity contribution is -0.144. The van der Waals surface area contributed by atoms with Crippen LogP contribution in [-0.2, 0) is 65.3 Å². The number of methoxy groups -OCH3 is 4. The Balaban J connectivity index is 0.000000320. The second kappa shape index (κ2) is 21.8. The van der Waals surface area contributed by atoms with Gasteiger partial charge in [0.25, 0.3) is 0 Å². The molecular formula is C46H58N2O10S2. The molecule has 4 aromatic carbocycles. The zero-order valence-corrected chi connectivity index (χ0v) is 37.5. The Morgan fingerprint density at radius 3 is 0.983 bits per heavy atom. The van der Waals surface area contributed by atoms with E-state index in [2.05, 4.69) is 13.2 Å². The minimum absolute atomic E-state index is 0.0605. The smallest absolute Gasteiger partial charge is 0.328 e. The van der Waals surface area contributed by atoms with Crippen molar-refractivity contribution in [3.63, 3.8) is 0 Å². The lowest BCUT2D eigenvalue weighted by Crippen LogP contribution is -2.51. The van der Waals surface area contributed by atoms with Crippen molar-refractivity contribution in [3.05, 3.63) is 156 Å². The summed E-state index contributed by atoms with van der Waals surface area (Å²) in [5.74, 6) is -0.271. The predicted octanol–water partition coefficient (Wildman–Crippen LogP) is 7.69. The van der Waals surface area contributed by atoms with Crippen molar-refractivity contribution >= 4 is 32.0 Å². The summed E-state index contributed by atoms with van der Waals surface area (Å²) >= 11 is 0. The maximum Gasteiger partial charge on any atom is 0.328 e. The van der Waals surface area contributed by atoms with Gasteiger partial charge in [0.2, 0.25) is 20.0 Å². The van der Waals surface area contributed by atoms with Crippen molar-refractivity contribution < 1.29 is 45.4 Å². The Hall–Kier alpha value is -5.28. The Morgan fingerprint density at radius 1 is 0.517 bits per heavy atom. The largest absolute Gasteiger partial charge is 0.497 e. The van der Waals surface area contributed by atoms with Crippen LogP contribution in [0.25, 0.3) is 0 Å². The number of rotatable bonds is 20. The summed E-state index contributed by atoms with van der Waals surface area (Å²) in [7, 11) is -2.69. The Morgan fingerprint density at radius 2 is 0.767 bits per heavy atom. The van der Waals surface area contributed by atoms with Gasteiger partial charge in [-0.2, -0.15) is 8.61 Å². The fourth-order valence-corrected chi connectivity index (χ4v) is 9.92. The first kappa shape index (κ1) is 49.1. The maximum absolute atomic E-state index is 13.7. The summed E-state index contributed by atoms with van der Waals surface area (Å²) in [6.45, 7) is 14.4. The van der Waals surface area contributed by atoms with Crippen molar-refractivity contribution in [1.82, 2.24) is 8.61 Å². The SMILES string of the molecule is C=CC[C@@](C)(C(=O)OC)S(=O)(=O)N(Cc1ccc(C)cc1)Cc1ccc(OC)cc1.C=CC[C@](C)(C(=O)OC)S(=O)(=O)N(Cc1ccc(C)cc1)Cc1ccc(OC)cc1. The van der Waals surface area contributed by atoms with Crippen molar-refractivity contribution in [2.75, 3.05) is 28.4 Å². The number of hydrogen-bond acceptors (Lipinski definition) is 10. The Bertz CT molecular complexity index is 2100. The highest BCUT2D eigenvalue weighted by atomic mass is 32.2. The lowest BCUT2D eigenvalue weighted by Gasteiger charge is -2.32. The minimum Gasteiger partial charge on any atom is -0.497 e. The zero-order chi connectivity index (χ0) is 44.7. The first-order valence-corrected chi connectivity index (χ1v) is 22.0. The highest BCUT2D eigenvalue weighted by molar-refractivity contribution is 7.91. The van der Waals surface area contributed by atoms with E-state index in [0.717, 1.165) is 33.4 Å². The Labute approximate surface area is 356 Å². The average molecular weight is 863 g/mol. The van der Waals surface area contributed by atoms with Gasteiger partial charge >= 0.3 is 11.9 Å². The van der Waals surface area contributed by atoms with Crippen LogP contribution in [0.2, 0.25) is 0 Å². The molecule has 0 aliphatic rings. The molecule has 0 aromatic heterocycles. The molecule has 4 aromatic rings. The van der Waals surface area contributed by atoms with Crippen LogP contribution < -0.4 is 9.47 Å². The minimum atomic E-state index is -4.10. The van der Waals surface area contributed by atoms with E-state index in [9.17, 15) is 26.4 Å². The van der Waals surface area contributed by atoms with Crippen molar-refractivity contribution in [2.45, 2.75) is 76.2 Å². The van der Waals surface area contributed by atoms with Crippen LogP contribution in [0, 0.1) is 13.8 Å². The van der Waals surface area contributed by atoms with Gasteiger partial charge in [0.15, 0.2) is 9.49 Å². The van der Waals surface area contributed by atoms with Crippen LogP contribution in [0.4, 0.5) is 0 Å². The van der Waals surface area contributed by atoms with Gasteiger partial charge in [-0.25, -0.2) is 16.8 Å². The molecule has 14 heteroatoms. The number of carbonyl (C=O) groups is 2. The first-order valence-electron chi connectivity index (χ1n) is 19.1. The van der Waals surface area contributed by atoms with Crippen LogP contribution >= 0.6 is 0 Å². The van der Waals surface area contributed by atoms with E-state index in [1.165, 1.54) is 48.8 Å². The second-order valence-corrected chi connectivity index (χ2v) is 19.4. The third kappa shape index (κ3) is 11.9. The molecule has 0 amide bonds. The number of nitrogens with zero attached hydrogens (tertiary/aromatic N) is 2. The first-order chi connectivity index (χ1) is 28.3.